The van der Waals surface area contributed by atoms with E-state index in [1.54, 1.807) is 0 Å². The van der Waals surface area contributed by atoms with Crippen LogP contribution < -0.4 is 10.2 Å². The molecule has 1 saturated heterocycles. The normalized spacial score (nSPS) is 17.6. The van der Waals surface area contributed by atoms with Gasteiger partial charge in [0.25, 0.3) is 0 Å². The zero-order valence-electron chi connectivity index (χ0n) is 13.0. The van der Waals surface area contributed by atoms with E-state index in [2.05, 4.69) is 10.3 Å². The number of carbonyl (C=O) groups excluding carboxylic acids is 1. The minimum atomic E-state index is -0.290. The van der Waals surface area contributed by atoms with E-state index in [9.17, 15) is 4.79 Å². The maximum absolute atomic E-state index is 12.1. The molecule has 1 amide bonds. The zero-order valence-corrected chi connectivity index (χ0v) is 13.0. The van der Waals surface area contributed by atoms with Crippen molar-refractivity contribution < 1.29 is 9.53 Å². The van der Waals surface area contributed by atoms with Gasteiger partial charge in [-0.15, -0.1) is 0 Å². The highest BCUT2D eigenvalue weighted by Gasteiger charge is 2.23. The molecule has 5 nitrogen and oxygen atoms in total. The van der Waals surface area contributed by atoms with Crippen molar-refractivity contribution in [2.24, 2.45) is 0 Å². The molecule has 0 aliphatic carbocycles. The van der Waals surface area contributed by atoms with Crippen molar-refractivity contribution in [1.82, 2.24) is 10.3 Å². The first-order chi connectivity index (χ1) is 10.6. The number of anilines is 1. The molecule has 1 aliphatic heterocycles. The second kappa shape index (κ2) is 6.32. The molecular weight excluding hydrogens is 278 g/mol. The third-order valence-electron chi connectivity index (χ3n) is 3.92. The van der Waals surface area contributed by atoms with Crippen LogP contribution in [0.5, 0.6) is 0 Å². The SMILES string of the molecule is CN(C)c1cc(CNC(=O)[C@H]2CCCO2)c2ccccc2n1. The van der Waals surface area contributed by atoms with E-state index >= 15 is 0 Å². The maximum atomic E-state index is 12.1. The first kappa shape index (κ1) is 14.8. The molecule has 22 heavy (non-hydrogen) atoms. The molecule has 0 bridgehead atoms. The van der Waals surface area contributed by atoms with E-state index in [1.807, 2.05) is 49.3 Å². The average Bonchev–Trinajstić information content (AvgIpc) is 3.06. The summed E-state index contributed by atoms with van der Waals surface area (Å²) in [5.74, 6) is 0.866. The minimum Gasteiger partial charge on any atom is -0.368 e. The Balaban J connectivity index is 1.83. The Kier molecular flexibility index (Phi) is 4.24. The van der Waals surface area contributed by atoms with Gasteiger partial charge in [0.05, 0.1) is 5.52 Å². The van der Waals surface area contributed by atoms with Gasteiger partial charge < -0.3 is 15.0 Å². The number of hydrogen-bond acceptors (Lipinski definition) is 4. The van der Waals surface area contributed by atoms with E-state index in [0.29, 0.717) is 13.2 Å². The smallest absolute Gasteiger partial charge is 0.249 e. The Hall–Kier alpha value is -2.14. The number of para-hydroxylation sites is 1. The highest BCUT2D eigenvalue weighted by Crippen LogP contribution is 2.22. The van der Waals surface area contributed by atoms with Crippen molar-refractivity contribution in [2.75, 3.05) is 25.6 Å². The second-order valence-corrected chi connectivity index (χ2v) is 5.77. The van der Waals surface area contributed by atoms with Crippen LogP contribution in [-0.2, 0) is 16.1 Å². The van der Waals surface area contributed by atoms with Crippen LogP contribution in [0.15, 0.2) is 30.3 Å². The molecule has 1 aromatic carbocycles. The summed E-state index contributed by atoms with van der Waals surface area (Å²) >= 11 is 0. The Bertz CT molecular complexity index is 679. The lowest BCUT2D eigenvalue weighted by Crippen LogP contribution is -2.33. The first-order valence-corrected chi connectivity index (χ1v) is 7.60. The Morgan fingerprint density at radius 1 is 1.41 bits per heavy atom. The summed E-state index contributed by atoms with van der Waals surface area (Å²) in [6.45, 7) is 1.17. The van der Waals surface area contributed by atoms with Crippen LogP contribution in [0.4, 0.5) is 5.82 Å². The molecule has 0 unspecified atom stereocenters. The molecule has 1 aromatic heterocycles. The summed E-state index contributed by atoms with van der Waals surface area (Å²) in [5, 5.41) is 4.06. The Labute approximate surface area is 130 Å². The molecule has 1 atom stereocenters. The topological polar surface area (TPSA) is 54.5 Å². The number of ether oxygens (including phenoxy) is 1. The summed E-state index contributed by atoms with van der Waals surface area (Å²) in [6.07, 6.45) is 1.48. The third-order valence-corrected chi connectivity index (χ3v) is 3.92. The van der Waals surface area contributed by atoms with Gasteiger partial charge >= 0.3 is 0 Å². The van der Waals surface area contributed by atoms with Gasteiger partial charge in [-0.25, -0.2) is 4.98 Å². The molecule has 1 aliphatic rings. The predicted octanol–water partition coefficient (Wildman–Crippen LogP) is 2.10. The zero-order chi connectivity index (χ0) is 15.5. The number of nitrogens with one attached hydrogen (secondary N) is 1. The van der Waals surface area contributed by atoms with Crippen molar-refractivity contribution in [3.05, 3.63) is 35.9 Å². The van der Waals surface area contributed by atoms with Crippen LogP contribution in [0.1, 0.15) is 18.4 Å². The maximum Gasteiger partial charge on any atom is 0.249 e. The van der Waals surface area contributed by atoms with Crippen LogP contribution >= 0.6 is 0 Å². The number of nitrogens with zero attached hydrogens (tertiary/aromatic N) is 2. The van der Waals surface area contributed by atoms with Gasteiger partial charge in [-0.2, -0.15) is 0 Å². The monoisotopic (exact) mass is 299 g/mol. The second-order valence-electron chi connectivity index (χ2n) is 5.77. The fourth-order valence-corrected chi connectivity index (χ4v) is 2.69. The third kappa shape index (κ3) is 3.04. The highest BCUT2D eigenvalue weighted by molar-refractivity contribution is 5.85. The van der Waals surface area contributed by atoms with E-state index < -0.39 is 0 Å². The lowest BCUT2D eigenvalue weighted by atomic mass is 10.1. The molecule has 1 N–H and O–H groups in total. The van der Waals surface area contributed by atoms with Crippen molar-refractivity contribution in [1.29, 1.82) is 0 Å². The van der Waals surface area contributed by atoms with E-state index in [4.69, 9.17) is 4.74 Å². The number of amides is 1. The fourth-order valence-electron chi connectivity index (χ4n) is 2.69. The van der Waals surface area contributed by atoms with E-state index in [-0.39, 0.29) is 12.0 Å². The van der Waals surface area contributed by atoms with E-state index in [0.717, 1.165) is 35.1 Å². The Morgan fingerprint density at radius 3 is 2.95 bits per heavy atom. The first-order valence-electron chi connectivity index (χ1n) is 7.60. The molecule has 3 rings (SSSR count). The van der Waals surface area contributed by atoms with Crippen LogP contribution in [0.25, 0.3) is 10.9 Å². The minimum absolute atomic E-state index is 0.0233. The molecule has 0 saturated carbocycles. The van der Waals surface area contributed by atoms with Gasteiger partial charge in [-0.3, -0.25) is 4.79 Å². The summed E-state index contributed by atoms with van der Waals surface area (Å²) in [7, 11) is 3.93. The lowest BCUT2D eigenvalue weighted by molar-refractivity contribution is -0.130. The number of rotatable bonds is 4. The lowest BCUT2D eigenvalue weighted by Gasteiger charge is -2.16. The highest BCUT2D eigenvalue weighted by atomic mass is 16.5. The van der Waals surface area contributed by atoms with E-state index in [1.165, 1.54) is 0 Å². The van der Waals surface area contributed by atoms with Crippen molar-refractivity contribution in [3.63, 3.8) is 0 Å². The molecule has 2 heterocycles. The largest absolute Gasteiger partial charge is 0.368 e. The summed E-state index contributed by atoms with van der Waals surface area (Å²) in [6, 6.07) is 10.0. The molecule has 0 spiro atoms. The summed E-state index contributed by atoms with van der Waals surface area (Å²) in [5.41, 5.74) is 2.01. The van der Waals surface area contributed by atoms with Crippen LogP contribution in [0.3, 0.4) is 0 Å². The molecular formula is C17H21N3O2. The number of pyridine rings is 1. The van der Waals surface area contributed by atoms with Gasteiger partial charge in [-0.1, -0.05) is 18.2 Å². The van der Waals surface area contributed by atoms with Gasteiger partial charge in [0, 0.05) is 32.6 Å². The molecule has 116 valence electrons. The number of hydrogen-bond donors (Lipinski definition) is 1. The molecule has 5 heteroatoms. The number of benzene rings is 1. The van der Waals surface area contributed by atoms with Gasteiger partial charge in [0.2, 0.25) is 5.91 Å². The van der Waals surface area contributed by atoms with Gasteiger partial charge in [0.1, 0.15) is 11.9 Å². The number of fused-ring (bicyclic) bond motifs is 1. The van der Waals surface area contributed by atoms with Gasteiger partial charge in [-0.05, 0) is 30.5 Å². The van der Waals surface area contributed by atoms with Gasteiger partial charge in [0.15, 0.2) is 0 Å². The summed E-state index contributed by atoms with van der Waals surface area (Å²) in [4.78, 5) is 18.7. The van der Waals surface area contributed by atoms with Crippen LogP contribution in [-0.4, -0.2) is 37.7 Å². The summed E-state index contributed by atoms with van der Waals surface area (Å²) < 4.78 is 5.42. The molecule has 2 aromatic rings. The van der Waals surface area contributed by atoms with Crippen molar-refractivity contribution in [2.45, 2.75) is 25.5 Å². The van der Waals surface area contributed by atoms with Crippen molar-refractivity contribution >= 4 is 22.6 Å². The number of aromatic nitrogens is 1. The van der Waals surface area contributed by atoms with Crippen molar-refractivity contribution in [3.8, 4) is 0 Å². The fraction of sp³-hybridized carbons (Fsp3) is 0.412. The van der Waals surface area contributed by atoms with Crippen LogP contribution in [0.2, 0.25) is 0 Å². The molecule has 0 radical (unpaired) electrons. The average molecular weight is 299 g/mol. The molecule has 1 fully saturated rings. The number of carbonyl (C=O) groups is 1. The quantitative estimate of drug-likeness (QED) is 0.939. The Morgan fingerprint density at radius 2 is 2.23 bits per heavy atom. The standard InChI is InChI=1S/C17H21N3O2/c1-20(2)16-10-12(13-6-3-4-7-14(13)19-16)11-18-17(21)15-8-5-9-22-15/h3-4,6-7,10,15H,5,8-9,11H2,1-2H3,(H,18,21)/t15-/m1/s1. The van der Waals surface area contributed by atoms with Crippen LogP contribution in [0, 0.1) is 0 Å². The predicted molar refractivity (Wildman–Crippen MR) is 86.9 cm³/mol.